The topological polar surface area (TPSA) is 29.1 Å². The molecule has 0 atom stereocenters. The Morgan fingerprint density at radius 3 is 2.50 bits per heavy atom. The molecule has 1 rings (SSSR count). The van der Waals surface area contributed by atoms with E-state index in [2.05, 4.69) is 4.72 Å². The first-order valence-corrected chi connectivity index (χ1v) is 4.57. The van der Waals surface area contributed by atoms with E-state index in [1.807, 2.05) is 12.1 Å². The number of hydrogen-bond acceptors (Lipinski definition) is 2. The molecule has 0 bridgehead atoms. The number of halogens is 1. The lowest BCUT2D eigenvalue weighted by molar-refractivity contribution is -0.117. The highest BCUT2D eigenvalue weighted by Gasteiger charge is 1.94. The van der Waals surface area contributed by atoms with Crippen LogP contribution in [0.2, 0.25) is 5.02 Å². The normalized spacial score (nSPS) is 9.50. The van der Waals surface area contributed by atoms with Gasteiger partial charge in [-0.25, -0.2) is 0 Å². The third kappa shape index (κ3) is 3.15. The Labute approximate surface area is 80.4 Å². The largest absolute Gasteiger partial charge is 0.296 e. The van der Waals surface area contributed by atoms with Gasteiger partial charge in [-0.3, -0.25) is 9.52 Å². The van der Waals surface area contributed by atoms with Crippen molar-refractivity contribution in [2.75, 3.05) is 0 Å². The summed E-state index contributed by atoms with van der Waals surface area (Å²) < 4.78 is 2.62. The first-order valence-electron chi connectivity index (χ1n) is 3.37. The molecule has 0 spiro atoms. The lowest BCUT2D eigenvalue weighted by atomic mass is 10.4. The quantitative estimate of drug-likeness (QED) is 0.745. The summed E-state index contributed by atoms with van der Waals surface area (Å²) in [6.45, 7) is 1.48. The molecule has 64 valence electrons. The van der Waals surface area contributed by atoms with Gasteiger partial charge in [0.15, 0.2) is 0 Å². The minimum absolute atomic E-state index is 0.0602. The van der Waals surface area contributed by atoms with Crippen molar-refractivity contribution in [1.82, 2.24) is 4.72 Å². The van der Waals surface area contributed by atoms with E-state index in [1.54, 1.807) is 12.1 Å². The Hall–Kier alpha value is -0.670. The van der Waals surface area contributed by atoms with Gasteiger partial charge >= 0.3 is 0 Å². The maximum atomic E-state index is 10.5. The maximum Gasteiger partial charge on any atom is 0.226 e. The summed E-state index contributed by atoms with van der Waals surface area (Å²) in [6, 6.07) is 7.27. The second-order valence-electron chi connectivity index (χ2n) is 2.21. The van der Waals surface area contributed by atoms with Crippen molar-refractivity contribution in [3.63, 3.8) is 0 Å². The number of carbonyl (C=O) groups excluding carboxylic acids is 1. The van der Waals surface area contributed by atoms with Gasteiger partial charge in [0.2, 0.25) is 5.91 Å². The maximum absolute atomic E-state index is 10.5. The number of nitrogens with one attached hydrogen (secondary N) is 1. The number of benzene rings is 1. The van der Waals surface area contributed by atoms with Crippen molar-refractivity contribution >= 4 is 29.5 Å². The highest BCUT2D eigenvalue weighted by atomic mass is 35.5. The van der Waals surface area contributed by atoms with Crippen LogP contribution in [0.25, 0.3) is 0 Å². The minimum atomic E-state index is -0.0602. The van der Waals surface area contributed by atoms with Gasteiger partial charge in [0.1, 0.15) is 0 Å². The van der Waals surface area contributed by atoms with E-state index >= 15 is 0 Å². The lowest BCUT2D eigenvalue weighted by Crippen LogP contribution is -2.09. The van der Waals surface area contributed by atoms with Crippen LogP contribution in [0, 0.1) is 0 Å². The van der Waals surface area contributed by atoms with Crippen molar-refractivity contribution in [3.8, 4) is 0 Å². The van der Waals surface area contributed by atoms with Gasteiger partial charge in [0.25, 0.3) is 0 Å². The Morgan fingerprint density at radius 2 is 2.00 bits per heavy atom. The van der Waals surface area contributed by atoms with E-state index in [-0.39, 0.29) is 5.91 Å². The SMILES string of the molecule is CC(=O)NSc1ccc(Cl)cc1. The second kappa shape index (κ2) is 4.38. The second-order valence-corrected chi connectivity index (χ2v) is 3.53. The third-order valence-corrected chi connectivity index (χ3v) is 2.28. The first kappa shape index (κ1) is 9.42. The molecule has 0 aromatic heterocycles. The van der Waals surface area contributed by atoms with Gasteiger partial charge in [-0.1, -0.05) is 11.6 Å². The Balaban J connectivity index is 2.53. The fraction of sp³-hybridized carbons (Fsp3) is 0.125. The monoisotopic (exact) mass is 201 g/mol. The van der Waals surface area contributed by atoms with Crippen molar-refractivity contribution in [2.24, 2.45) is 0 Å². The van der Waals surface area contributed by atoms with Crippen LogP contribution in [0.5, 0.6) is 0 Å². The molecule has 0 aliphatic rings. The van der Waals surface area contributed by atoms with Crippen LogP contribution in [-0.2, 0) is 4.79 Å². The van der Waals surface area contributed by atoms with E-state index in [1.165, 1.54) is 18.9 Å². The molecule has 1 N–H and O–H groups in total. The van der Waals surface area contributed by atoms with Gasteiger partial charge in [0.05, 0.1) is 0 Å². The van der Waals surface area contributed by atoms with Gasteiger partial charge in [0, 0.05) is 16.8 Å². The predicted octanol–water partition coefficient (Wildman–Crippen LogP) is 2.48. The molecule has 4 heteroatoms. The summed E-state index contributed by atoms with van der Waals surface area (Å²) in [5, 5.41) is 0.696. The zero-order chi connectivity index (χ0) is 8.97. The molecular weight excluding hydrogens is 194 g/mol. The molecule has 0 aliphatic carbocycles. The highest BCUT2D eigenvalue weighted by molar-refractivity contribution is 7.98. The van der Waals surface area contributed by atoms with Crippen LogP contribution in [0.3, 0.4) is 0 Å². The Kier molecular flexibility index (Phi) is 3.44. The van der Waals surface area contributed by atoms with E-state index < -0.39 is 0 Å². The molecule has 1 amide bonds. The van der Waals surface area contributed by atoms with E-state index in [0.29, 0.717) is 5.02 Å². The molecule has 0 heterocycles. The summed E-state index contributed by atoms with van der Waals surface area (Å²) in [4.78, 5) is 11.5. The molecule has 0 fully saturated rings. The standard InChI is InChI=1S/C8H8ClNOS/c1-6(11)10-12-8-4-2-7(9)3-5-8/h2-5H,1H3,(H,10,11). The summed E-state index contributed by atoms with van der Waals surface area (Å²) in [6.07, 6.45) is 0. The van der Waals surface area contributed by atoms with Crippen molar-refractivity contribution in [2.45, 2.75) is 11.8 Å². The van der Waals surface area contributed by atoms with Crippen molar-refractivity contribution in [1.29, 1.82) is 0 Å². The molecule has 0 unspecified atom stereocenters. The Morgan fingerprint density at radius 1 is 1.42 bits per heavy atom. The smallest absolute Gasteiger partial charge is 0.226 e. The van der Waals surface area contributed by atoms with E-state index in [9.17, 15) is 4.79 Å². The van der Waals surface area contributed by atoms with Crippen molar-refractivity contribution < 1.29 is 4.79 Å². The molecule has 1 aromatic rings. The molecule has 0 saturated heterocycles. The fourth-order valence-electron chi connectivity index (χ4n) is 0.633. The number of amides is 1. The molecule has 1 aromatic carbocycles. The van der Waals surface area contributed by atoms with Crippen LogP contribution in [0.15, 0.2) is 29.2 Å². The minimum Gasteiger partial charge on any atom is -0.296 e. The van der Waals surface area contributed by atoms with Crippen LogP contribution in [0.4, 0.5) is 0 Å². The van der Waals surface area contributed by atoms with Gasteiger partial charge in [-0.05, 0) is 36.2 Å². The first-order chi connectivity index (χ1) is 5.68. The fourth-order valence-corrected chi connectivity index (χ4v) is 1.29. The average Bonchev–Trinajstić information content (AvgIpc) is 2.03. The summed E-state index contributed by atoms with van der Waals surface area (Å²) in [5.41, 5.74) is 0. The molecular formula is C8H8ClNOS. The molecule has 12 heavy (non-hydrogen) atoms. The van der Waals surface area contributed by atoms with Crippen LogP contribution >= 0.6 is 23.5 Å². The van der Waals surface area contributed by atoms with E-state index in [4.69, 9.17) is 11.6 Å². The van der Waals surface area contributed by atoms with Crippen LogP contribution in [-0.4, -0.2) is 5.91 Å². The molecule has 2 nitrogen and oxygen atoms in total. The summed E-state index contributed by atoms with van der Waals surface area (Å²) in [7, 11) is 0. The Bertz CT molecular complexity index is 273. The zero-order valence-corrected chi connectivity index (χ0v) is 8.08. The number of carbonyl (C=O) groups is 1. The van der Waals surface area contributed by atoms with Gasteiger partial charge in [-0.2, -0.15) is 0 Å². The average molecular weight is 202 g/mol. The molecule has 0 radical (unpaired) electrons. The van der Waals surface area contributed by atoms with Gasteiger partial charge < -0.3 is 0 Å². The highest BCUT2D eigenvalue weighted by Crippen LogP contribution is 2.17. The molecule has 0 saturated carbocycles. The lowest BCUT2D eigenvalue weighted by Gasteiger charge is -1.99. The number of rotatable bonds is 2. The van der Waals surface area contributed by atoms with E-state index in [0.717, 1.165) is 4.90 Å². The van der Waals surface area contributed by atoms with Crippen LogP contribution < -0.4 is 4.72 Å². The molecule has 0 aliphatic heterocycles. The zero-order valence-electron chi connectivity index (χ0n) is 6.50. The van der Waals surface area contributed by atoms with Crippen LogP contribution in [0.1, 0.15) is 6.92 Å². The third-order valence-electron chi connectivity index (χ3n) is 1.13. The summed E-state index contributed by atoms with van der Waals surface area (Å²) in [5.74, 6) is -0.0602. The predicted molar refractivity (Wildman–Crippen MR) is 51.1 cm³/mol. The summed E-state index contributed by atoms with van der Waals surface area (Å²) >= 11 is 6.96. The van der Waals surface area contributed by atoms with Crippen molar-refractivity contribution in [3.05, 3.63) is 29.3 Å². The van der Waals surface area contributed by atoms with Gasteiger partial charge in [-0.15, -0.1) is 0 Å². The number of hydrogen-bond donors (Lipinski definition) is 1.